The van der Waals surface area contributed by atoms with E-state index in [1.807, 2.05) is 0 Å². The Hall–Kier alpha value is -3.27. The van der Waals surface area contributed by atoms with E-state index in [-0.39, 0.29) is 16.7 Å². The standard InChI is InChI=1S/C15H13ClFN7O2/c1-8-13(14(25)21-22-15-18-6-5-12(19-15)26-2)20-23-24(8)9-3-4-11(17)10(16)7-9/h3-7H,1-2H3,(H,21,25)(H,18,19,22). The second-order valence-corrected chi connectivity index (χ2v) is 5.44. The smallest absolute Gasteiger partial charge is 0.292 e. The molecule has 0 spiro atoms. The molecule has 2 heterocycles. The van der Waals surface area contributed by atoms with E-state index in [2.05, 4.69) is 31.1 Å². The summed E-state index contributed by atoms with van der Waals surface area (Å²) in [5.41, 5.74) is 5.97. The second-order valence-electron chi connectivity index (χ2n) is 5.04. The number of nitrogens with zero attached hydrogens (tertiary/aromatic N) is 5. The first-order chi connectivity index (χ1) is 12.5. The molecule has 0 atom stereocenters. The highest BCUT2D eigenvalue weighted by atomic mass is 35.5. The van der Waals surface area contributed by atoms with Crippen LogP contribution in [0.5, 0.6) is 5.88 Å². The second kappa shape index (κ2) is 7.31. The van der Waals surface area contributed by atoms with Crippen LogP contribution in [0, 0.1) is 12.7 Å². The fourth-order valence-electron chi connectivity index (χ4n) is 2.09. The van der Waals surface area contributed by atoms with Crippen LogP contribution in [-0.2, 0) is 0 Å². The summed E-state index contributed by atoms with van der Waals surface area (Å²) < 4.78 is 19.6. The molecule has 0 aliphatic rings. The lowest BCUT2D eigenvalue weighted by atomic mass is 10.3. The molecule has 9 nitrogen and oxygen atoms in total. The number of ether oxygens (including phenoxy) is 1. The number of hydrogen-bond acceptors (Lipinski definition) is 7. The number of carbonyl (C=O) groups excluding carboxylic acids is 1. The van der Waals surface area contributed by atoms with E-state index in [9.17, 15) is 9.18 Å². The van der Waals surface area contributed by atoms with Gasteiger partial charge in [0.25, 0.3) is 5.91 Å². The fraction of sp³-hybridized carbons (Fsp3) is 0.133. The number of anilines is 1. The van der Waals surface area contributed by atoms with Crippen LogP contribution in [0.1, 0.15) is 16.2 Å². The normalized spacial score (nSPS) is 10.5. The summed E-state index contributed by atoms with van der Waals surface area (Å²) >= 11 is 5.78. The van der Waals surface area contributed by atoms with Gasteiger partial charge in [0.2, 0.25) is 11.8 Å². The molecule has 11 heteroatoms. The zero-order valence-corrected chi connectivity index (χ0v) is 14.5. The van der Waals surface area contributed by atoms with Gasteiger partial charge in [-0.15, -0.1) is 5.10 Å². The molecule has 0 saturated carbocycles. The van der Waals surface area contributed by atoms with Gasteiger partial charge in [0.1, 0.15) is 5.82 Å². The summed E-state index contributed by atoms with van der Waals surface area (Å²) in [6.07, 6.45) is 1.47. The molecular weight excluding hydrogens is 365 g/mol. The Labute approximate surface area is 152 Å². The molecule has 0 saturated heterocycles. The SMILES string of the molecule is COc1ccnc(NNC(=O)c2nnn(-c3ccc(F)c(Cl)c3)c2C)n1. The van der Waals surface area contributed by atoms with Gasteiger partial charge in [0.05, 0.1) is 23.5 Å². The maximum atomic E-state index is 13.3. The van der Waals surface area contributed by atoms with E-state index in [4.69, 9.17) is 16.3 Å². The Morgan fingerprint density at radius 3 is 2.88 bits per heavy atom. The van der Waals surface area contributed by atoms with Gasteiger partial charge in [0.15, 0.2) is 5.69 Å². The zero-order chi connectivity index (χ0) is 18.7. The van der Waals surface area contributed by atoms with Crippen LogP contribution in [-0.4, -0.2) is 38.0 Å². The first-order valence-electron chi connectivity index (χ1n) is 7.30. The van der Waals surface area contributed by atoms with Gasteiger partial charge in [-0.25, -0.2) is 14.1 Å². The van der Waals surface area contributed by atoms with Crippen molar-refractivity contribution in [2.75, 3.05) is 12.5 Å². The minimum atomic E-state index is -0.548. The molecule has 0 bridgehead atoms. The number of carbonyl (C=O) groups is 1. The highest BCUT2D eigenvalue weighted by Gasteiger charge is 2.18. The van der Waals surface area contributed by atoms with Crippen molar-refractivity contribution in [1.82, 2.24) is 30.4 Å². The molecule has 1 aromatic carbocycles. The quantitative estimate of drug-likeness (QED) is 0.654. The Morgan fingerprint density at radius 2 is 2.15 bits per heavy atom. The molecule has 2 aromatic heterocycles. The molecule has 3 aromatic rings. The van der Waals surface area contributed by atoms with Crippen molar-refractivity contribution < 1.29 is 13.9 Å². The number of hydrogen-bond donors (Lipinski definition) is 2. The third kappa shape index (κ3) is 3.54. The van der Waals surface area contributed by atoms with Crippen molar-refractivity contribution in [1.29, 1.82) is 0 Å². The third-order valence-corrected chi connectivity index (χ3v) is 3.67. The first-order valence-corrected chi connectivity index (χ1v) is 7.68. The molecule has 0 radical (unpaired) electrons. The maximum Gasteiger partial charge on any atom is 0.292 e. The predicted molar refractivity (Wildman–Crippen MR) is 90.7 cm³/mol. The van der Waals surface area contributed by atoms with Crippen LogP contribution in [0.15, 0.2) is 30.5 Å². The van der Waals surface area contributed by atoms with Crippen molar-refractivity contribution in [3.05, 3.63) is 52.7 Å². The maximum absolute atomic E-state index is 13.3. The first kappa shape index (κ1) is 17.5. The van der Waals surface area contributed by atoms with Crippen LogP contribution in [0.2, 0.25) is 5.02 Å². The summed E-state index contributed by atoms with van der Waals surface area (Å²) in [5, 5.41) is 7.70. The molecule has 134 valence electrons. The molecule has 1 amide bonds. The number of nitrogens with one attached hydrogen (secondary N) is 2. The lowest BCUT2D eigenvalue weighted by molar-refractivity contribution is 0.0956. The summed E-state index contributed by atoms with van der Waals surface area (Å²) in [7, 11) is 1.47. The molecule has 2 N–H and O–H groups in total. The minimum absolute atomic E-state index is 0.0553. The number of hydrazine groups is 1. The molecule has 0 fully saturated rings. The zero-order valence-electron chi connectivity index (χ0n) is 13.7. The summed E-state index contributed by atoms with van der Waals surface area (Å²) in [4.78, 5) is 20.2. The molecule has 0 aliphatic heterocycles. The van der Waals surface area contributed by atoms with E-state index >= 15 is 0 Å². The average Bonchev–Trinajstić information content (AvgIpc) is 3.03. The summed E-state index contributed by atoms with van der Waals surface area (Å²) in [5.74, 6) is -0.609. The summed E-state index contributed by atoms with van der Waals surface area (Å²) in [6, 6.07) is 5.65. The van der Waals surface area contributed by atoms with Gasteiger partial charge in [-0.1, -0.05) is 16.8 Å². The largest absolute Gasteiger partial charge is 0.481 e. The Bertz CT molecular complexity index is 963. The Morgan fingerprint density at radius 1 is 1.35 bits per heavy atom. The van der Waals surface area contributed by atoms with Crippen molar-refractivity contribution >= 4 is 23.5 Å². The number of amides is 1. The number of rotatable bonds is 5. The van der Waals surface area contributed by atoms with E-state index < -0.39 is 11.7 Å². The number of methoxy groups -OCH3 is 1. The average molecular weight is 378 g/mol. The lowest BCUT2D eigenvalue weighted by Gasteiger charge is -2.07. The third-order valence-electron chi connectivity index (χ3n) is 3.38. The molecule has 0 aliphatic carbocycles. The molecule has 26 heavy (non-hydrogen) atoms. The van der Waals surface area contributed by atoms with Gasteiger partial charge in [-0.3, -0.25) is 15.6 Å². The monoisotopic (exact) mass is 377 g/mol. The van der Waals surface area contributed by atoms with Crippen molar-refractivity contribution in [3.63, 3.8) is 0 Å². The topological polar surface area (TPSA) is 107 Å². The van der Waals surface area contributed by atoms with Crippen LogP contribution < -0.4 is 15.6 Å². The number of aromatic nitrogens is 5. The van der Waals surface area contributed by atoms with Gasteiger partial charge >= 0.3 is 0 Å². The number of benzene rings is 1. The van der Waals surface area contributed by atoms with Crippen LogP contribution in [0.4, 0.5) is 10.3 Å². The lowest BCUT2D eigenvalue weighted by Crippen LogP contribution is -2.31. The van der Waals surface area contributed by atoms with Crippen LogP contribution in [0.3, 0.4) is 0 Å². The summed E-state index contributed by atoms with van der Waals surface area (Å²) in [6.45, 7) is 1.65. The van der Waals surface area contributed by atoms with Crippen molar-refractivity contribution in [2.45, 2.75) is 6.92 Å². The van der Waals surface area contributed by atoms with Crippen LogP contribution >= 0.6 is 11.6 Å². The molecule has 0 unspecified atom stereocenters. The number of halogens is 2. The van der Waals surface area contributed by atoms with Crippen LogP contribution in [0.25, 0.3) is 5.69 Å². The molecular formula is C15H13ClFN7O2. The van der Waals surface area contributed by atoms with Gasteiger partial charge < -0.3 is 4.74 Å². The fourth-order valence-corrected chi connectivity index (χ4v) is 2.26. The Balaban J connectivity index is 1.76. The van der Waals surface area contributed by atoms with Crippen molar-refractivity contribution in [2.24, 2.45) is 0 Å². The van der Waals surface area contributed by atoms with Crippen molar-refractivity contribution in [3.8, 4) is 11.6 Å². The van der Waals surface area contributed by atoms with Gasteiger partial charge in [-0.2, -0.15) is 4.98 Å². The van der Waals surface area contributed by atoms with Gasteiger partial charge in [0, 0.05) is 12.3 Å². The van der Waals surface area contributed by atoms with E-state index in [0.29, 0.717) is 17.3 Å². The highest BCUT2D eigenvalue weighted by molar-refractivity contribution is 6.30. The van der Waals surface area contributed by atoms with E-state index in [1.165, 1.54) is 36.2 Å². The minimum Gasteiger partial charge on any atom is -0.481 e. The van der Waals surface area contributed by atoms with E-state index in [1.54, 1.807) is 13.0 Å². The van der Waals surface area contributed by atoms with Gasteiger partial charge in [-0.05, 0) is 25.1 Å². The Kier molecular flexibility index (Phi) is 4.94. The predicted octanol–water partition coefficient (Wildman–Crippen LogP) is 1.92. The van der Waals surface area contributed by atoms with E-state index in [0.717, 1.165) is 0 Å². The highest BCUT2D eigenvalue weighted by Crippen LogP contribution is 2.20. The molecule has 3 rings (SSSR count).